The number of carbonyl (C=O) groups is 3. The first-order valence-corrected chi connectivity index (χ1v) is 12.2. The number of aryl methyl sites for hydroxylation is 1. The fourth-order valence-corrected chi connectivity index (χ4v) is 5.20. The van der Waals surface area contributed by atoms with Crippen molar-refractivity contribution >= 4 is 34.4 Å². The number of hydrogen-bond donors (Lipinski definition) is 2. The Hall–Kier alpha value is -3.72. The Morgan fingerprint density at radius 2 is 1.71 bits per heavy atom. The minimum Gasteiger partial charge on any atom is -0.480 e. The van der Waals surface area contributed by atoms with Crippen LogP contribution in [0.5, 0.6) is 0 Å². The number of benzene rings is 2. The Balaban J connectivity index is 1.44. The maximum Gasteiger partial charge on any atom is 0.413 e. The molecule has 1 unspecified atom stereocenters. The van der Waals surface area contributed by atoms with Gasteiger partial charge >= 0.3 is 12.1 Å². The second kappa shape index (κ2) is 10.3. The summed E-state index contributed by atoms with van der Waals surface area (Å²) in [6.45, 7) is 5.10. The van der Waals surface area contributed by atoms with Gasteiger partial charge in [-0.3, -0.25) is 14.9 Å². The van der Waals surface area contributed by atoms with E-state index in [9.17, 15) is 19.5 Å². The molecule has 2 N–H and O–H groups in total. The van der Waals surface area contributed by atoms with Crippen LogP contribution in [-0.2, 0) is 9.53 Å². The summed E-state index contributed by atoms with van der Waals surface area (Å²) in [4.78, 5) is 42.7. The lowest BCUT2D eigenvalue weighted by Crippen LogP contribution is -2.41. The highest BCUT2D eigenvalue weighted by Gasteiger charge is 2.30. The van der Waals surface area contributed by atoms with Gasteiger partial charge in [0.25, 0.3) is 5.91 Å². The lowest BCUT2D eigenvalue weighted by atomic mass is 9.98. The van der Waals surface area contributed by atoms with Crippen LogP contribution in [0.4, 0.5) is 9.93 Å². The van der Waals surface area contributed by atoms with Crippen LogP contribution in [0.2, 0.25) is 0 Å². The lowest BCUT2D eigenvalue weighted by molar-refractivity contribution is -0.138. The smallest absolute Gasteiger partial charge is 0.413 e. The number of fused-ring (bicyclic) bond motifs is 3. The highest BCUT2D eigenvalue weighted by molar-refractivity contribution is 7.17. The van der Waals surface area contributed by atoms with Crippen molar-refractivity contribution in [2.45, 2.75) is 39.2 Å². The first-order valence-electron chi connectivity index (χ1n) is 11.4. The molecule has 0 aliphatic heterocycles. The molecule has 9 heteroatoms. The van der Waals surface area contributed by atoms with Crippen molar-refractivity contribution in [3.8, 4) is 11.1 Å². The number of hydrogen-bond acceptors (Lipinski definition) is 6. The van der Waals surface area contributed by atoms with Gasteiger partial charge in [-0.25, -0.2) is 9.78 Å². The molecule has 1 heterocycles. The fraction of sp³-hybridized carbons (Fsp3) is 0.308. The summed E-state index contributed by atoms with van der Waals surface area (Å²) in [6.07, 6.45) is -0.0502. The van der Waals surface area contributed by atoms with Gasteiger partial charge in [0, 0.05) is 12.0 Å². The van der Waals surface area contributed by atoms with E-state index in [0.29, 0.717) is 17.0 Å². The number of aliphatic carboxylic acids is 1. The van der Waals surface area contributed by atoms with Crippen LogP contribution in [0, 0.1) is 6.92 Å². The zero-order chi connectivity index (χ0) is 25.1. The molecule has 8 nitrogen and oxygen atoms in total. The quantitative estimate of drug-likeness (QED) is 0.450. The molecule has 3 aromatic rings. The zero-order valence-corrected chi connectivity index (χ0v) is 20.6. The van der Waals surface area contributed by atoms with Crippen LogP contribution in [-0.4, -0.2) is 52.2 Å². The summed E-state index contributed by atoms with van der Waals surface area (Å²) in [7, 11) is 0. The molecule has 0 radical (unpaired) electrons. The molecular formula is C26H27N3O5S. The van der Waals surface area contributed by atoms with Gasteiger partial charge < -0.3 is 14.7 Å². The van der Waals surface area contributed by atoms with Crippen molar-refractivity contribution in [2.75, 3.05) is 18.5 Å². The van der Waals surface area contributed by atoms with Crippen LogP contribution in [0.1, 0.15) is 52.7 Å². The molecule has 2 aromatic carbocycles. The number of amides is 2. The summed E-state index contributed by atoms with van der Waals surface area (Å²) in [5, 5.41) is 12.0. The highest BCUT2D eigenvalue weighted by atomic mass is 32.1. The Bertz CT molecular complexity index is 1230. The van der Waals surface area contributed by atoms with Gasteiger partial charge in [-0.05, 0) is 42.5 Å². The summed E-state index contributed by atoms with van der Waals surface area (Å²) in [5.74, 6) is -1.57. The normalized spacial score (nSPS) is 13.0. The second-order valence-electron chi connectivity index (χ2n) is 8.47. The van der Waals surface area contributed by atoms with Crippen LogP contribution in [0.3, 0.4) is 0 Å². The van der Waals surface area contributed by atoms with E-state index < -0.39 is 24.5 Å². The van der Waals surface area contributed by atoms with Crippen molar-refractivity contribution in [3.05, 3.63) is 70.2 Å². The van der Waals surface area contributed by atoms with Gasteiger partial charge in [0.2, 0.25) is 0 Å². The molecule has 0 fully saturated rings. The van der Waals surface area contributed by atoms with Gasteiger partial charge in [-0.2, -0.15) is 0 Å². The molecule has 1 aliphatic rings. The molecule has 182 valence electrons. The molecule has 0 bridgehead atoms. The van der Waals surface area contributed by atoms with Crippen LogP contribution >= 0.6 is 11.3 Å². The third-order valence-electron chi connectivity index (χ3n) is 6.23. The molecule has 0 spiro atoms. The number of carbonyl (C=O) groups excluding carboxylic acids is 2. The van der Waals surface area contributed by atoms with E-state index >= 15 is 0 Å². The topological polar surface area (TPSA) is 109 Å². The molecule has 4 rings (SSSR count). The number of carboxylic acids is 1. The first kappa shape index (κ1) is 24.4. The Kier molecular flexibility index (Phi) is 7.16. The first-order chi connectivity index (χ1) is 16.8. The fourth-order valence-electron chi connectivity index (χ4n) is 4.29. The largest absolute Gasteiger partial charge is 0.480 e. The third-order valence-corrected chi connectivity index (χ3v) is 7.29. The van der Waals surface area contributed by atoms with Crippen LogP contribution < -0.4 is 5.32 Å². The number of ether oxygens (including phenoxy) is 1. The number of carboxylic acid groups (broad SMARTS) is 1. The maximum atomic E-state index is 13.0. The van der Waals surface area contributed by atoms with Crippen molar-refractivity contribution in [2.24, 2.45) is 0 Å². The number of rotatable bonds is 8. The molecule has 35 heavy (non-hydrogen) atoms. The number of thiazole rings is 1. The minimum absolute atomic E-state index is 0.0663. The van der Waals surface area contributed by atoms with Gasteiger partial charge in [-0.15, -0.1) is 0 Å². The van der Waals surface area contributed by atoms with Crippen molar-refractivity contribution in [1.29, 1.82) is 0 Å². The number of aromatic nitrogens is 1. The van der Waals surface area contributed by atoms with Gasteiger partial charge in [0.1, 0.15) is 18.0 Å². The molecule has 0 saturated carbocycles. The summed E-state index contributed by atoms with van der Waals surface area (Å²) < 4.78 is 5.55. The Morgan fingerprint density at radius 3 is 2.29 bits per heavy atom. The summed E-state index contributed by atoms with van der Waals surface area (Å²) in [5.41, 5.74) is 4.93. The van der Waals surface area contributed by atoms with Crippen molar-refractivity contribution < 1.29 is 24.2 Å². The van der Waals surface area contributed by atoms with Crippen LogP contribution in [0.15, 0.2) is 48.5 Å². The van der Waals surface area contributed by atoms with E-state index in [2.05, 4.69) is 22.4 Å². The molecule has 0 saturated heterocycles. The van der Waals surface area contributed by atoms with Gasteiger partial charge in [0.15, 0.2) is 5.13 Å². The highest BCUT2D eigenvalue weighted by Crippen LogP contribution is 2.44. The average Bonchev–Trinajstić information content (AvgIpc) is 3.37. The lowest BCUT2D eigenvalue weighted by Gasteiger charge is -2.26. The molecule has 1 aliphatic carbocycles. The predicted octanol–water partition coefficient (Wildman–Crippen LogP) is 5.14. The Labute approximate surface area is 207 Å². The predicted molar refractivity (Wildman–Crippen MR) is 134 cm³/mol. The second-order valence-corrected chi connectivity index (χ2v) is 9.47. The minimum atomic E-state index is -1.09. The molecular weight excluding hydrogens is 466 g/mol. The van der Waals surface area contributed by atoms with E-state index in [1.54, 1.807) is 13.8 Å². The number of anilines is 1. The van der Waals surface area contributed by atoms with Crippen molar-refractivity contribution in [3.63, 3.8) is 0 Å². The standard InChI is InChI=1S/C26H27N3O5S/c1-4-15(2)29(13-22(30)31)24(32)23-16(3)27-25(35-23)28-26(33)34-14-21-19-11-7-5-9-17(19)18-10-6-8-12-20(18)21/h5-12,15,21H,4,13-14H2,1-3H3,(H,30,31)(H,27,28,33). The Morgan fingerprint density at radius 1 is 1.11 bits per heavy atom. The number of nitrogens with one attached hydrogen (secondary N) is 1. The molecule has 2 amide bonds. The van der Waals surface area contributed by atoms with E-state index in [1.165, 1.54) is 4.90 Å². The van der Waals surface area contributed by atoms with E-state index in [1.807, 2.05) is 43.3 Å². The van der Waals surface area contributed by atoms with Gasteiger partial charge in [-0.1, -0.05) is 66.8 Å². The number of nitrogens with zero attached hydrogens (tertiary/aromatic N) is 2. The summed E-state index contributed by atoms with van der Waals surface area (Å²) in [6, 6.07) is 15.9. The van der Waals surface area contributed by atoms with Gasteiger partial charge in [0.05, 0.1) is 5.69 Å². The van der Waals surface area contributed by atoms with Crippen LogP contribution in [0.25, 0.3) is 11.1 Å². The summed E-state index contributed by atoms with van der Waals surface area (Å²) >= 11 is 1.01. The van der Waals surface area contributed by atoms with E-state index in [-0.39, 0.29) is 23.7 Å². The monoisotopic (exact) mass is 493 g/mol. The van der Waals surface area contributed by atoms with E-state index in [0.717, 1.165) is 33.6 Å². The SMILES string of the molecule is CCC(C)N(CC(=O)O)C(=O)c1sc(NC(=O)OCC2c3ccccc3-c3ccccc32)nc1C. The van der Waals surface area contributed by atoms with Crippen molar-refractivity contribution in [1.82, 2.24) is 9.88 Å². The maximum absolute atomic E-state index is 13.0. The van der Waals surface area contributed by atoms with E-state index in [4.69, 9.17) is 4.74 Å². The zero-order valence-electron chi connectivity index (χ0n) is 19.8. The average molecular weight is 494 g/mol. The molecule has 1 atom stereocenters. The third kappa shape index (κ3) is 5.05. The molecule has 1 aromatic heterocycles.